The molecule has 3 aromatic rings. The Morgan fingerprint density at radius 2 is 1.77 bits per heavy atom. The molecule has 1 N–H and O–H groups in total. The van der Waals surface area contributed by atoms with Gasteiger partial charge in [-0.2, -0.15) is 5.26 Å². The maximum absolute atomic E-state index is 12.5. The van der Waals surface area contributed by atoms with Crippen LogP contribution in [0, 0.1) is 11.3 Å². The molecular weight excluding hydrogens is 460 g/mol. The van der Waals surface area contributed by atoms with Crippen molar-refractivity contribution >= 4 is 34.5 Å². The first-order valence-electron chi connectivity index (χ1n) is 10.9. The van der Waals surface area contributed by atoms with Crippen molar-refractivity contribution in [3.63, 3.8) is 0 Å². The van der Waals surface area contributed by atoms with Crippen LogP contribution in [0.1, 0.15) is 23.6 Å². The third-order valence-electron chi connectivity index (χ3n) is 5.07. The molecule has 1 aliphatic rings. The van der Waals surface area contributed by atoms with Gasteiger partial charge >= 0.3 is 5.97 Å². The Kier molecular flexibility index (Phi) is 7.66. The number of para-hydroxylation sites is 1. The zero-order chi connectivity index (χ0) is 24.6. The lowest BCUT2D eigenvalue weighted by Gasteiger charge is -2.08. The lowest BCUT2D eigenvalue weighted by molar-refractivity contribution is -0.138. The van der Waals surface area contributed by atoms with Gasteiger partial charge < -0.3 is 14.6 Å². The quantitative estimate of drug-likeness (QED) is 0.396. The van der Waals surface area contributed by atoms with E-state index in [0.717, 1.165) is 11.1 Å². The number of aliphatic hydroxyl groups is 1. The SMILES string of the molecule is CCOC(=O)C1=C(O)/C(=C/c2ccc(OCc3ccccc3C#N)cc2)SC1=Nc1ccccc1. The van der Waals surface area contributed by atoms with E-state index >= 15 is 0 Å². The Morgan fingerprint density at radius 3 is 2.49 bits per heavy atom. The van der Waals surface area contributed by atoms with Gasteiger partial charge in [0, 0.05) is 5.56 Å². The van der Waals surface area contributed by atoms with Crippen LogP contribution in [0.2, 0.25) is 0 Å². The fourth-order valence-electron chi connectivity index (χ4n) is 3.34. The molecule has 4 rings (SSSR count). The van der Waals surface area contributed by atoms with Gasteiger partial charge in [-0.15, -0.1) is 0 Å². The van der Waals surface area contributed by atoms with Crippen molar-refractivity contribution in [2.24, 2.45) is 4.99 Å². The van der Waals surface area contributed by atoms with E-state index in [0.29, 0.717) is 26.9 Å². The second-order valence-corrected chi connectivity index (χ2v) is 8.46. The zero-order valence-corrected chi connectivity index (χ0v) is 19.8. The number of carbonyl (C=O) groups excluding carboxylic acids is 1. The molecule has 0 aliphatic carbocycles. The monoisotopic (exact) mass is 482 g/mol. The van der Waals surface area contributed by atoms with Crippen LogP contribution < -0.4 is 4.74 Å². The summed E-state index contributed by atoms with van der Waals surface area (Å²) in [5.74, 6) is -0.120. The maximum Gasteiger partial charge on any atom is 0.344 e. The first kappa shape index (κ1) is 23.9. The molecule has 174 valence electrons. The summed E-state index contributed by atoms with van der Waals surface area (Å²) in [7, 11) is 0. The number of ether oxygens (including phenoxy) is 2. The third kappa shape index (κ3) is 5.81. The van der Waals surface area contributed by atoms with Gasteiger partial charge in [-0.05, 0) is 48.9 Å². The summed E-state index contributed by atoms with van der Waals surface area (Å²) in [6.45, 7) is 2.19. The smallest absolute Gasteiger partial charge is 0.344 e. The molecule has 0 saturated carbocycles. The molecule has 1 aliphatic heterocycles. The fraction of sp³-hybridized carbons (Fsp3) is 0.107. The third-order valence-corrected chi connectivity index (χ3v) is 6.09. The number of hydrogen-bond acceptors (Lipinski definition) is 7. The zero-order valence-electron chi connectivity index (χ0n) is 19.0. The van der Waals surface area contributed by atoms with Crippen LogP contribution in [0.5, 0.6) is 5.75 Å². The number of rotatable bonds is 7. The molecule has 1 heterocycles. The first-order chi connectivity index (χ1) is 17.1. The van der Waals surface area contributed by atoms with E-state index in [2.05, 4.69) is 11.1 Å². The summed E-state index contributed by atoms with van der Waals surface area (Å²) in [4.78, 5) is 17.6. The van der Waals surface area contributed by atoms with Crippen LogP contribution in [-0.2, 0) is 16.1 Å². The summed E-state index contributed by atoms with van der Waals surface area (Å²) in [5.41, 5.74) is 2.94. The number of nitrogens with zero attached hydrogens (tertiary/aromatic N) is 2. The van der Waals surface area contributed by atoms with Crippen molar-refractivity contribution in [2.45, 2.75) is 13.5 Å². The highest BCUT2D eigenvalue weighted by Crippen LogP contribution is 2.40. The van der Waals surface area contributed by atoms with Crippen molar-refractivity contribution in [3.05, 3.63) is 112 Å². The predicted molar refractivity (Wildman–Crippen MR) is 137 cm³/mol. The van der Waals surface area contributed by atoms with E-state index in [1.807, 2.05) is 72.8 Å². The largest absolute Gasteiger partial charge is 0.506 e. The highest BCUT2D eigenvalue weighted by atomic mass is 32.2. The molecule has 7 heteroatoms. The van der Waals surface area contributed by atoms with Crippen LogP contribution in [0.4, 0.5) is 5.69 Å². The lowest BCUT2D eigenvalue weighted by Crippen LogP contribution is -2.12. The van der Waals surface area contributed by atoms with E-state index in [1.165, 1.54) is 11.8 Å². The number of hydrogen-bond donors (Lipinski definition) is 1. The Bertz CT molecular complexity index is 1350. The molecule has 0 atom stereocenters. The van der Waals surface area contributed by atoms with Gasteiger partial charge in [-0.1, -0.05) is 60.3 Å². The number of carbonyl (C=O) groups is 1. The van der Waals surface area contributed by atoms with E-state index in [9.17, 15) is 15.2 Å². The van der Waals surface area contributed by atoms with Crippen LogP contribution in [0.25, 0.3) is 6.08 Å². The van der Waals surface area contributed by atoms with E-state index < -0.39 is 5.97 Å². The number of aliphatic hydroxyl groups excluding tert-OH is 1. The molecule has 0 bridgehead atoms. The van der Waals surface area contributed by atoms with Crippen LogP contribution in [0.3, 0.4) is 0 Å². The van der Waals surface area contributed by atoms with Gasteiger partial charge in [0.25, 0.3) is 0 Å². The van der Waals surface area contributed by atoms with Crippen molar-refractivity contribution in [1.29, 1.82) is 5.26 Å². The molecule has 0 unspecified atom stereocenters. The van der Waals surface area contributed by atoms with Gasteiger partial charge in [0.05, 0.1) is 28.8 Å². The van der Waals surface area contributed by atoms with Gasteiger partial charge in [0.2, 0.25) is 0 Å². The van der Waals surface area contributed by atoms with Crippen molar-refractivity contribution in [2.75, 3.05) is 6.61 Å². The minimum absolute atomic E-state index is 0.0584. The normalized spacial score (nSPS) is 15.3. The number of esters is 1. The summed E-state index contributed by atoms with van der Waals surface area (Å²) in [6.07, 6.45) is 1.78. The minimum Gasteiger partial charge on any atom is -0.506 e. The van der Waals surface area contributed by atoms with Crippen molar-refractivity contribution in [1.82, 2.24) is 0 Å². The van der Waals surface area contributed by atoms with Crippen molar-refractivity contribution in [3.8, 4) is 11.8 Å². The second kappa shape index (κ2) is 11.2. The second-order valence-electron chi connectivity index (χ2n) is 7.43. The fourth-order valence-corrected chi connectivity index (χ4v) is 4.37. The van der Waals surface area contributed by atoms with E-state index in [-0.39, 0.29) is 24.5 Å². The Balaban J connectivity index is 1.54. The molecule has 35 heavy (non-hydrogen) atoms. The lowest BCUT2D eigenvalue weighted by atomic mass is 10.1. The molecule has 0 amide bonds. The maximum atomic E-state index is 12.5. The van der Waals surface area contributed by atoms with E-state index in [1.54, 1.807) is 19.1 Å². The molecule has 0 fully saturated rings. The Labute approximate surface area is 207 Å². The highest BCUT2D eigenvalue weighted by molar-refractivity contribution is 8.18. The molecule has 0 radical (unpaired) electrons. The number of thioether (sulfide) groups is 1. The van der Waals surface area contributed by atoms with Gasteiger partial charge in [0.15, 0.2) is 0 Å². The summed E-state index contributed by atoms with van der Waals surface area (Å²) in [6, 6.07) is 26.0. The van der Waals surface area contributed by atoms with Crippen molar-refractivity contribution < 1.29 is 19.4 Å². The summed E-state index contributed by atoms with van der Waals surface area (Å²) in [5, 5.41) is 20.4. The summed E-state index contributed by atoms with van der Waals surface area (Å²) >= 11 is 1.21. The molecule has 3 aromatic carbocycles. The number of aliphatic imine (C=N–C) groups is 1. The summed E-state index contributed by atoms with van der Waals surface area (Å²) < 4.78 is 11.0. The molecule has 0 saturated heterocycles. The topological polar surface area (TPSA) is 91.9 Å². The predicted octanol–water partition coefficient (Wildman–Crippen LogP) is 6.33. The molecule has 6 nitrogen and oxygen atoms in total. The Morgan fingerprint density at radius 1 is 1.06 bits per heavy atom. The highest BCUT2D eigenvalue weighted by Gasteiger charge is 2.33. The standard InChI is InChI=1S/C28H22N2O4S/c1-2-33-28(32)25-26(31)24(35-27(25)30-22-10-4-3-5-11-22)16-19-12-14-23(15-13-19)34-18-21-9-7-6-8-20(21)17-29/h3-16,31H,2,18H2,1H3/b24-16-,30-27?. The van der Waals surface area contributed by atoms with Crippen LogP contribution in [0.15, 0.2) is 100 Å². The van der Waals surface area contributed by atoms with Crippen LogP contribution in [-0.4, -0.2) is 22.7 Å². The minimum atomic E-state index is -0.614. The molecule has 0 aromatic heterocycles. The van der Waals surface area contributed by atoms with Gasteiger partial charge in [-0.25, -0.2) is 9.79 Å². The van der Waals surface area contributed by atoms with Crippen LogP contribution >= 0.6 is 11.8 Å². The molecule has 0 spiro atoms. The Hall–Kier alpha value is -4.28. The average Bonchev–Trinajstić information content (AvgIpc) is 3.18. The number of nitriles is 1. The molecular formula is C28H22N2O4S. The first-order valence-corrected chi connectivity index (χ1v) is 11.8. The average molecular weight is 483 g/mol. The van der Waals surface area contributed by atoms with E-state index in [4.69, 9.17) is 9.47 Å². The van der Waals surface area contributed by atoms with Gasteiger partial charge in [-0.3, -0.25) is 0 Å². The number of benzene rings is 3. The van der Waals surface area contributed by atoms with Gasteiger partial charge in [0.1, 0.15) is 28.7 Å².